The van der Waals surface area contributed by atoms with E-state index in [1.165, 1.54) is 12.1 Å². The average Bonchev–Trinajstić information content (AvgIpc) is 3.05. The SMILES string of the molecule is N=C(N)c1ccc(CC(C(=O)N[C@H](C(=O)NCC2CCNCC2)C2CCCCC2)c2cccc(C(F)(F)F)c2)cc1.O=C(O)C(F)(F)F. The first-order valence-electron chi connectivity index (χ1n) is 15.8. The highest BCUT2D eigenvalue weighted by atomic mass is 19.4. The Balaban J connectivity index is 0.000000804. The largest absolute Gasteiger partial charge is 0.490 e. The summed E-state index contributed by atoms with van der Waals surface area (Å²) in [5.41, 5.74) is 6.17. The van der Waals surface area contributed by atoms with Crippen molar-refractivity contribution in [3.05, 3.63) is 70.8 Å². The quantitative estimate of drug-likeness (QED) is 0.116. The number of carbonyl (C=O) groups excluding carboxylic acids is 2. The number of carbonyl (C=O) groups is 3. The minimum absolute atomic E-state index is 0.0299. The van der Waals surface area contributed by atoms with Crippen LogP contribution in [0, 0.1) is 17.2 Å². The number of aliphatic carboxylic acids is 1. The first-order valence-corrected chi connectivity index (χ1v) is 15.8. The molecule has 48 heavy (non-hydrogen) atoms. The number of nitrogens with one attached hydrogen (secondary N) is 4. The number of piperidine rings is 1. The standard InChI is InChI=1S/C31H40F3N5O2.C2HF3O2/c32-31(33,34)25-8-4-7-24(18-25)26(17-20-9-11-23(12-10-20)28(35)36)29(40)39-27(22-5-2-1-3-6-22)30(41)38-19-21-13-15-37-16-14-21;3-2(4,5)1(6)7/h4,7-12,18,21-22,26-27,37H,1-3,5-6,13-17,19H2,(H3,35,36)(H,38,41)(H,39,40);(H,6,7)/t26?,27-;/m0./s1. The van der Waals surface area contributed by atoms with E-state index in [1.54, 1.807) is 24.3 Å². The van der Waals surface area contributed by atoms with Gasteiger partial charge in [0.15, 0.2) is 0 Å². The zero-order chi connectivity index (χ0) is 35.5. The van der Waals surface area contributed by atoms with Crippen LogP contribution in [0.3, 0.4) is 0 Å². The summed E-state index contributed by atoms with van der Waals surface area (Å²) >= 11 is 0. The van der Waals surface area contributed by atoms with Gasteiger partial charge in [0.1, 0.15) is 11.9 Å². The maximum atomic E-state index is 13.9. The number of nitrogen functional groups attached to an aromatic ring is 1. The number of carboxylic acids is 1. The van der Waals surface area contributed by atoms with Gasteiger partial charge >= 0.3 is 18.3 Å². The summed E-state index contributed by atoms with van der Waals surface area (Å²) in [4.78, 5) is 36.3. The Labute approximate surface area is 274 Å². The lowest BCUT2D eigenvalue weighted by Gasteiger charge is -2.32. The molecule has 15 heteroatoms. The minimum Gasteiger partial charge on any atom is -0.475 e. The summed E-state index contributed by atoms with van der Waals surface area (Å²) in [6.07, 6.45) is -2.92. The second kappa shape index (κ2) is 17.3. The van der Waals surface area contributed by atoms with Gasteiger partial charge in [-0.25, -0.2) is 4.79 Å². The summed E-state index contributed by atoms with van der Waals surface area (Å²) in [5.74, 6) is -4.17. The number of hydrogen-bond donors (Lipinski definition) is 6. The Hall–Kier alpha value is -4.14. The highest BCUT2D eigenvalue weighted by Crippen LogP contribution is 2.33. The van der Waals surface area contributed by atoms with Crippen molar-refractivity contribution >= 4 is 23.6 Å². The van der Waals surface area contributed by atoms with Crippen LogP contribution >= 0.6 is 0 Å². The van der Waals surface area contributed by atoms with Crippen LogP contribution in [0.25, 0.3) is 0 Å². The van der Waals surface area contributed by atoms with Crippen molar-refractivity contribution in [2.24, 2.45) is 17.6 Å². The zero-order valence-corrected chi connectivity index (χ0v) is 26.2. The van der Waals surface area contributed by atoms with Crippen LogP contribution in [0.15, 0.2) is 48.5 Å². The van der Waals surface area contributed by atoms with Crippen molar-refractivity contribution in [3.63, 3.8) is 0 Å². The fourth-order valence-electron chi connectivity index (χ4n) is 5.91. The molecule has 9 nitrogen and oxygen atoms in total. The van der Waals surface area contributed by atoms with Crippen molar-refractivity contribution < 1.29 is 45.8 Å². The van der Waals surface area contributed by atoms with E-state index in [0.29, 0.717) is 23.6 Å². The van der Waals surface area contributed by atoms with Crippen LogP contribution < -0.4 is 21.7 Å². The first kappa shape index (κ1) is 38.3. The molecular weight excluding hydrogens is 644 g/mol. The normalized spacial score (nSPS) is 17.3. The molecule has 0 bridgehead atoms. The lowest BCUT2D eigenvalue weighted by molar-refractivity contribution is -0.192. The fraction of sp³-hybridized carbons (Fsp3) is 0.515. The maximum absolute atomic E-state index is 13.9. The molecule has 1 saturated carbocycles. The van der Waals surface area contributed by atoms with Gasteiger partial charge in [-0.2, -0.15) is 26.3 Å². The molecule has 2 fully saturated rings. The number of hydrogen-bond acceptors (Lipinski definition) is 5. The van der Waals surface area contributed by atoms with Crippen LogP contribution in [0.5, 0.6) is 0 Å². The highest BCUT2D eigenvalue weighted by Gasteiger charge is 2.38. The smallest absolute Gasteiger partial charge is 0.475 e. The van der Waals surface area contributed by atoms with Gasteiger partial charge in [-0.15, -0.1) is 0 Å². The summed E-state index contributed by atoms with van der Waals surface area (Å²) < 4.78 is 72.5. The monoisotopic (exact) mass is 685 g/mol. The second-order valence-corrected chi connectivity index (χ2v) is 12.1. The molecule has 2 aromatic carbocycles. The summed E-state index contributed by atoms with van der Waals surface area (Å²) in [5, 5.41) is 24.1. The molecule has 1 unspecified atom stereocenters. The number of halogens is 6. The van der Waals surface area contributed by atoms with Gasteiger partial charge in [-0.3, -0.25) is 15.0 Å². The van der Waals surface area contributed by atoms with Crippen molar-refractivity contribution in [1.82, 2.24) is 16.0 Å². The summed E-state index contributed by atoms with van der Waals surface area (Å²) in [6, 6.07) is 10.8. The maximum Gasteiger partial charge on any atom is 0.490 e. The lowest BCUT2D eigenvalue weighted by atomic mass is 9.82. The fourth-order valence-corrected chi connectivity index (χ4v) is 5.91. The molecule has 2 amide bonds. The van der Waals surface area contributed by atoms with E-state index in [-0.39, 0.29) is 29.6 Å². The van der Waals surface area contributed by atoms with Crippen molar-refractivity contribution in [1.29, 1.82) is 5.41 Å². The van der Waals surface area contributed by atoms with E-state index >= 15 is 0 Å². The number of nitrogens with two attached hydrogens (primary N) is 1. The van der Waals surface area contributed by atoms with Gasteiger partial charge in [0.2, 0.25) is 11.8 Å². The Bertz CT molecular complexity index is 1390. The molecule has 1 heterocycles. The minimum atomic E-state index is -5.08. The van der Waals surface area contributed by atoms with Gasteiger partial charge < -0.3 is 26.8 Å². The third-order valence-electron chi connectivity index (χ3n) is 8.61. The Morgan fingerprint density at radius 3 is 2.06 bits per heavy atom. The Morgan fingerprint density at radius 2 is 1.52 bits per heavy atom. The van der Waals surface area contributed by atoms with Crippen LogP contribution in [0.2, 0.25) is 0 Å². The number of benzene rings is 2. The molecule has 0 radical (unpaired) electrons. The van der Waals surface area contributed by atoms with Crippen molar-refractivity contribution in [2.45, 2.75) is 75.7 Å². The zero-order valence-electron chi connectivity index (χ0n) is 26.2. The van der Waals surface area contributed by atoms with Crippen LogP contribution in [0.4, 0.5) is 26.3 Å². The molecule has 2 aliphatic rings. The molecule has 2 aromatic rings. The van der Waals surface area contributed by atoms with Crippen molar-refractivity contribution in [3.8, 4) is 0 Å². The molecule has 264 valence electrons. The lowest BCUT2D eigenvalue weighted by Crippen LogP contribution is -2.53. The molecular formula is C33H41F6N5O4. The van der Waals surface area contributed by atoms with Crippen LogP contribution in [-0.4, -0.2) is 60.6 Å². The van der Waals surface area contributed by atoms with E-state index in [0.717, 1.165) is 70.2 Å². The third-order valence-corrected chi connectivity index (χ3v) is 8.61. The second-order valence-electron chi connectivity index (χ2n) is 12.1. The third kappa shape index (κ3) is 11.8. The number of carboxylic acid groups (broad SMARTS) is 1. The molecule has 2 atom stereocenters. The molecule has 1 aliphatic heterocycles. The molecule has 4 rings (SSSR count). The molecule has 0 spiro atoms. The van der Waals surface area contributed by atoms with Gasteiger partial charge in [0, 0.05) is 12.1 Å². The van der Waals surface area contributed by atoms with Crippen molar-refractivity contribution in [2.75, 3.05) is 19.6 Å². The van der Waals surface area contributed by atoms with Gasteiger partial charge in [-0.1, -0.05) is 61.7 Å². The molecule has 0 aromatic heterocycles. The number of amides is 2. The van der Waals surface area contributed by atoms with Gasteiger partial charge in [0.05, 0.1) is 11.5 Å². The topological polar surface area (TPSA) is 157 Å². The molecule has 1 aliphatic carbocycles. The van der Waals surface area contributed by atoms with E-state index in [2.05, 4.69) is 16.0 Å². The summed E-state index contributed by atoms with van der Waals surface area (Å²) in [7, 11) is 0. The predicted molar refractivity (Wildman–Crippen MR) is 166 cm³/mol. The number of rotatable bonds is 10. The highest BCUT2D eigenvalue weighted by molar-refractivity contribution is 5.95. The molecule has 1 saturated heterocycles. The van der Waals surface area contributed by atoms with E-state index in [9.17, 15) is 35.9 Å². The van der Waals surface area contributed by atoms with E-state index in [1.807, 2.05) is 0 Å². The van der Waals surface area contributed by atoms with E-state index in [4.69, 9.17) is 21.0 Å². The van der Waals surface area contributed by atoms with Crippen LogP contribution in [0.1, 0.15) is 73.1 Å². The Morgan fingerprint density at radius 1 is 0.917 bits per heavy atom. The average molecular weight is 686 g/mol. The van der Waals surface area contributed by atoms with Gasteiger partial charge in [0.25, 0.3) is 0 Å². The summed E-state index contributed by atoms with van der Waals surface area (Å²) in [6.45, 7) is 2.37. The first-order chi connectivity index (χ1) is 22.6. The van der Waals surface area contributed by atoms with Gasteiger partial charge in [-0.05, 0) is 74.2 Å². The molecule has 7 N–H and O–H groups in total. The van der Waals surface area contributed by atoms with E-state index < -0.39 is 41.8 Å². The van der Waals surface area contributed by atoms with Crippen LogP contribution in [-0.2, 0) is 27.0 Å². The predicted octanol–water partition coefficient (Wildman–Crippen LogP) is 5.13. The Kier molecular flexibility index (Phi) is 13.8. The number of alkyl halides is 6. The number of amidine groups is 1.